The lowest BCUT2D eigenvalue weighted by Crippen LogP contribution is -2.24. The van der Waals surface area contributed by atoms with Gasteiger partial charge in [-0.05, 0) is 24.1 Å². The van der Waals surface area contributed by atoms with E-state index >= 15 is 0 Å². The van der Waals surface area contributed by atoms with Crippen LogP contribution in [0.25, 0.3) is 0 Å². The third kappa shape index (κ3) is 5.90. The Bertz CT molecular complexity index is 653. The monoisotopic (exact) mass is 344 g/mol. The molecule has 124 valence electrons. The van der Waals surface area contributed by atoms with Gasteiger partial charge in [0.25, 0.3) is 0 Å². The maximum atomic E-state index is 12.0. The van der Waals surface area contributed by atoms with Crippen molar-refractivity contribution in [3.8, 4) is 5.75 Å². The number of benzene rings is 1. The van der Waals surface area contributed by atoms with Crippen LogP contribution < -0.4 is 10.1 Å². The summed E-state index contributed by atoms with van der Waals surface area (Å²) in [6.45, 7) is 2.35. The van der Waals surface area contributed by atoms with Crippen LogP contribution in [0.2, 0.25) is 0 Å². The number of alkyl halides is 3. The van der Waals surface area contributed by atoms with Crippen LogP contribution in [0.3, 0.4) is 0 Å². The summed E-state index contributed by atoms with van der Waals surface area (Å²) >= 11 is 1.54. The molecule has 23 heavy (non-hydrogen) atoms. The predicted molar refractivity (Wildman–Crippen MR) is 80.2 cm³/mol. The van der Waals surface area contributed by atoms with Crippen LogP contribution in [0.5, 0.6) is 5.75 Å². The number of nitrogens with one attached hydrogen (secondary N) is 1. The predicted octanol–water partition coefficient (Wildman–Crippen LogP) is 3.46. The van der Waals surface area contributed by atoms with E-state index < -0.39 is 6.36 Å². The lowest BCUT2D eigenvalue weighted by atomic mass is 10.1. The van der Waals surface area contributed by atoms with E-state index in [-0.39, 0.29) is 18.1 Å². The lowest BCUT2D eigenvalue weighted by Gasteiger charge is -2.09. The second kappa shape index (κ2) is 7.45. The van der Waals surface area contributed by atoms with Gasteiger partial charge >= 0.3 is 6.36 Å². The second-order valence-corrected chi connectivity index (χ2v) is 5.67. The molecule has 1 aromatic carbocycles. The molecule has 0 atom stereocenters. The number of aryl methyl sites for hydroxylation is 1. The van der Waals surface area contributed by atoms with Crippen LogP contribution in [0.1, 0.15) is 23.2 Å². The number of aromatic nitrogens is 1. The highest BCUT2D eigenvalue weighted by Gasteiger charge is 2.30. The molecule has 1 heterocycles. The molecule has 1 aromatic heterocycles. The van der Waals surface area contributed by atoms with Gasteiger partial charge in [-0.2, -0.15) is 0 Å². The van der Waals surface area contributed by atoms with Gasteiger partial charge in [0.2, 0.25) is 5.91 Å². The number of thiazole rings is 1. The first-order chi connectivity index (χ1) is 10.9. The summed E-state index contributed by atoms with van der Waals surface area (Å²) in [5, 5.41) is 5.63. The van der Waals surface area contributed by atoms with Crippen molar-refractivity contribution in [2.45, 2.75) is 32.7 Å². The van der Waals surface area contributed by atoms with Gasteiger partial charge in [0, 0.05) is 5.38 Å². The molecule has 0 spiro atoms. The summed E-state index contributed by atoms with van der Waals surface area (Å²) in [6, 6.07) is 5.23. The lowest BCUT2D eigenvalue weighted by molar-refractivity contribution is -0.274. The number of ether oxygens (including phenoxy) is 1. The van der Waals surface area contributed by atoms with Crippen molar-refractivity contribution in [3.63, 3.8) is 0 Å². The number of nitrogens with zero attached hydrogens (tertiary/aromatic N) is 1. The summed E-state index contributed by atoms with van der Waals surface area (Å²) in [5.74, 6) is -0.531. The van der Waals surface area contributed by atoms with Crippen LogP contribution >= 0.6 is 11.3 Å². The summed E-state index contributed by atoms with van der Waals surface area (Å²) in [6.07, 6.45) is -3.79. The number of carbonyl (C=O) groups excluding carboxylic acids is 1. The van der Waals surface area contributed by atoms with Crippen molar-refractivity contribution in [2.24, 2.45) is 0 Å². The van der Waals surface area contributed by atoms with Crippen LogP contribution in [0.15, 0.2) is 29.6 Å². The highest BCUT2D eigenvalue weighted by atomic mass is 32.1. The van der Waals surface area contributed by atoms with E-state index in [0.29, 0.717) is 12.1 Å². The minimum atomic E-state index is -4.72. The number of halogens is 3. The average molecular weight is 344 g/mol. The van der Waals surface area contributed by atoms with E-state index in [2.05, 4.69) is 15.0 Å². The van der Waals surface area contributed by atoms with Gasteiger partial charge in [0.15, 0.2) is 0 Å². The summed E-state index contributed by atoms with van der Waals surface area (Å²) in [5.41, 5.74) is 1.40. The van der Waals surface area contributed by atoms with Gasteiger partial charge in [-0.3, -0.25) is 4.79 Å². The Morgan fingerprint density at radius 3 is 2.57 bits per heavy atom. The van der Waals surface area contributed by atoms with Gasteiger partial charge < -0.3 is 10.1 Å². The minimum absolute atomic E-state index is 0.0804. The fourth-order valence-corrected chi connectivity index (χ4v) is 2.58. The highest BCUT2D eigenvalue weighted by molar-refractivity contribution is 7.09. The van der Waals surface area contributed by atoms with Crippen molar-refractivity contribution in [1.29, 1.82) is 0 Å². The molecule has 0 unspecified atom stereocenters. The zero-order chi connectivity index (χ0) is 16.9. The molecule has 4 nitrogen and oxygen atoms in total. The van der Waals surface area contributed by atoms with Crippen LogP contribution in [-0.4, -0.2) is 17.3 Å². The Kier molecular flexibility index (Phi) is 5.59. The standard InChI is InChI=1S/C15H15F3N2O2S/c1-2-14-20-11(9-23-14)8-19-13(21)7-10-3-5-12(6-4-10)22-15(16,17)18/h3-6,9H,2,7-8H2,1H3,(H,19,21). The first-order valence-corrected chi connectivity index (χ1v) is 7.78. The Balaban J connectivity index is 1.82. The topological polar surface area (TPSA) is 51.2 Å². The molecule has 0 saturated carbocycles. The smallest absolute Gasteiger partial charge is 0.406 e. The normalized spacial score (nSPS) is 11.3. The van der Waals surface area contributed by atoms with Crippen LogP contribution in [0.4, 0.5) is 13.2 Å². The van der Waals surface area contributed by atoms with E-state index in [1.165, 1.54) is 24.3 Å². The molecule has 2 rings (SSSR count). The summed E-state index contributed by atoms with van der Waals surface area (Å²) in [4.78, 5) is 16.2. The molecule has 0 aliphatic heterocycles. The highest BCUT2D eigenvalue weighted by Crippen LogP contribution is 2.22. The second-order valence-electron chi connectivity index (χ2n) is 4.73. The largest absolute Gasteiger partial charge is 0.573 e. The average Bonchev–Trinajstić information content (AvgIpc) is 2.94. The van der Waals surface area contributed by atoms with E-state index in [1.807, 2.05) is 12.3 Å². The van der Waals surface area contributed by atoms with Gasteiger partial charge in [-0.15, -0.1) is 24.5 Å². The Morgan fingerprint density at radius 1 is 1.30 bits per heavy atom. The quantitative estimate of drug-likeness (QED) is 0.873. The molecule has 0 aliphatic carbocycles. The van der Waals surface area contributed by atoms with Crippen molar-refractivity contribution < 1.29 is 22.7 Å². The van der Waals surface area contributed by atoms with Crippen molar-refractivity contribution >= 4 is 17.2 Å². The zero-order valence-corrected chi connectivity index (χ0v) is 13.1. The van der Waals surface area contributed by atoms with Crippen molar-refractivity contribution in [3.05, 3.63) is 45.9 Å². The molecular formula is C15H15F3N2O2S. The first-order valence-electron chi connectivity index (χ1n) is 6.90. The van der Waals surface area contributed by atoms with Gasteiger partial charge in [0.05, 0.1) is 23.7 Å². The van der Waals surface area contributed by atoms with Crippen LogP contribution in [-0.2, 0) is 24.2 Å². The Labute approximate surface area is 135 Å². The van der Waals surface area contributed by atoms with Crippen molar-refractivity contribution in [1.82, 2.24) is 10.3 Å². The minimum Gasteiger partial charge on any atom is -0.406 e. The van der Waals surface area contributed by atoms with Gasteiger partial charge in [-0.25, -0.2) is 4.98 Å². The molecule has 1 N–H and O–H groups in total. The van der Waals surface area contributed by atoms with Crippen LogP contribution in [0, 0.1) is 0 Å². The third-order valence-electron chi connectivity index (χ3n) is 2.89. The molecular weight excluding hydrogens is 329 g/mol. The van der Waals surface area contributed by atoms with Gasteiger partial charge in [0.1, 0.15) is 5.75 Å². The maximum absolute atomic E-state index is 12.0. The number of hydrogen-bond donors (Lipinski definition) is 1. The van der Waals surface area contributed by atoms with Gasteiger partial charge in [-0.1, -0.05) is 19.1 Å². The molecule has 0 aliphatic rings. The zero-order valence-electron chi connectivity index (χ0n) is 12.3. The van der Waals surface area contributed by atoms with E-state index in [1.54, 1.807) is 11.3 Å². The third-order valence-corrected chi connectivity index (χ3v) is 3.93. The Morgan fingerprint density at radius 2 is 2.00 bits per heavy atom. The van der Waals surface area contributed by atoms with E-state index in [4.69, 9.17) is 0 Å². The fraction of sp³-hybridized carbons (Fsp3) is 0.333. The number of carbonyl (C=O) groups is 1. The van der Waals surface area contributed by atoms with E-state index in [9.17, 15) is 18.0 Å². The molecule has 8 heteroatoms. The number of hydrogen-bond acceptors (Lipinski definition) is 4. The number of amides is 1. The molecule has 2 aromatic rings. The van der Waals surface area contributed by atoms with Crippen molar-refractivity contribution in [2.75, 3.05) is 0 Å². The molecule has 1 amide bonds. The SMILES string of the molecule is CCc1nc(CNC(=O)Cc2ccc(OC(F)(F)F)cc2)cs1. The first kappa shape index (κ1) is 17.3. The Hall–Kier alpha value is -2.09. The molecule has 0 bridgehead atoms. The molecule has 0 saturated heterocycles. The van der Waals surface area contributed by atoms with E-state index in [0.717, 1.165) is 17.1 Å². The maximum Gasteiger partial charge on any atom is 0.573 e. The molecule has 0 fully saturated rings. The summed E-state index contributed by atoms with van der Waals surface area (Å²) in [7, 11) is 0. The fourth-order valence-electron chi connectivity index (χ4n) is 1.84. The molecule has 0 radical (unpaired) electrons. The summed E-state index contributed by atoms with van der Waals surface area (Å²) < 4.78 is 39.9. The number of rotatable bonds is 6.